The Morgan fingerprint density at radius 3 is 2.25 bits per heavy atom. The molecule has 0 aliphatic rings. The summed E-state index contributed by atoms with van der Waals surface area (Å²) in [6, 6.07) is -1.18. The molecule has 0 bridgehead atoms. The lowest BCUT2D eigenvalue weighted by Crippen LogP contribution is -2.51. The van der Waals surface area contributed by atoms with Gasteiger partial charge in [-0.05, 0) is 13.3 Å². The molecule has 0 spiro atoms. The minimum absolute atomic E-state index is 0.153. The summed E-state index contributed by atoms with van der Waals surface area (Å²) >= 11 is 0. The second kappa shape index (κ2) is 7.80. The fourth-order valence-corrected chi connectivity index (χ4v) is 2.78. The number of carboxylic acids is 1. The van der Waals surface area contributed by atoms with Crippen LogP contribution in [0.4, 0.5) is 0 Å². The van der Waals surface area contributed by atoms with Crippen molar-refractivity contribution in [3.63, 3.8) is 0 Å². The van der Waals surface area contributed by atoms with E-state index >= 15 is 0 Å². The van der Waals surface area contributed by atoms with Crippen molar-refractivity contribution in [3.8, 4) is 0 Å². The van der Waals surface area contributed by atoms with E-state index in [9.17, 15) is 22.8 Å². The normalized spacial score (nSPS) is 12.7. The molecule has 0 aromatic heterocycles. The maximum atomic E-state index is 11.9. The largest absolute Gasteiger partial charge is 0.480 e. The molecule has 1 unspecified atom stereocenters. The molecule has 9 nitrogen and oxygen atoms in total. The van der Waals surface area contributed by atoms with Crippen molar-refractivity contribution >= 4 is 27.8 Å². The van der Waals surface area contributed by atoms with Crippen LogP contribution in [0.1, 0.15) is 20.3 Å². The van der Waals surface area contributed by atoms with Crippen LogP contribution >= 0.6 is 0 Å². The minimum atomic E-state index is -3.63. The molecular formula is C10H19N3O6S. The summed E-state index contributed by atoms with van der Waals surface area (Å²) in [7, 11) is -3.63. The molecule has 4 N–H and O–H groups in total. The van der Waals surface area contributed by atoms with Gasteiger partial charge in [-0.3, -0.25) is 14.4 Å². The summed E-state index contributed by atoms with van der Waals surface area (Å²) in [4.78, 5) is 34.0. The van der Waals surface area contributed by atoms with Gasteiger partial charge in [-0.15, -0.1) is 0 Å². The lowest BCUT2D eigenvalue weighted by atomic mass is 10.3. The van der Waals surface area contributed by atoms with Crippen LogP contribution in [0.25, 0.3) is 0 Å². The highest BCUT2D eigenvalue weighted by Crippen LogP contribution is 1.99. The zero-order chi connectivity index (χ0) is 15.9. The van der Waals surface area contributed by atoms with E-state index in [0.717, 1.165) is 0 Å². The van der Waals surface area contributed by atoms with Crippen molar-refractivity contribution in [2.75, 3.05) is 18.8 Å². The highest BCUT2D eigenvalue weighted by atomic mass is 32.2. The molecule has 1 atom stereocenters. The summed E-state index contributed by atoms with van der Waals surface area (Å²) in [5.74, 6) is -3.20. The molecule has 0 saturated heterocycles. The third kappa shape index (κ3) is 7.04. The standard InChI is InChI=1S/C10H19N3O6S/c1-3-4-20(18,19)12-7(2)10(17)13(5-8(11)14)6-9(15)16/h7,12H,3-6H2,1-2H3,(H2,11,14)(H,15,16). The van der Waals surface area contributed by atoms with Crippen molar-refractivity contribution in [2.45, 2.75) is 26.3 Å². The molecule has 20 heavy (non-hydrogen) atoms. The predicted molar refractivity (Wildman–Crippen MR) is 70.1 cm³/mol. The molecular weight excluding hydrogens is 290 g/mol. The molecule has 0 rings (SSSR count). The zero-order valence-electron chi connectivity index (χ0n) is 11.3. The van der Waals surface area contributed by atoms with Gasteiger partial charge in [0, 0.05) is 0 Å². The molecule has 0 aliphatic carbocycles. The monoisotopic (exact) mass is 309 g/mol. The summed E-state index contributed by atoms with van der Waals surface area (Å²) in [6.07, 6.45) is 0.371. The van der Waals surface area contributed by atoms with Gasteiger partial charge in [0.25, 0.3) is 0 Å². The number of sulfonamides is 1. The molecule has 0 radical (unpaired) electrons. The number of primary amides is 1. The van der Waals surface area contributed by atoms with Crippen LogP contribution in [0.15, 0.2) is 0 Å². The zero-order valence-corrected chi connectivity index (χ0v) is 12.1. The van der Waals surface area contributed by atoms with Crippen molar-refractivity contribution < 1.29 is 27.9 Å². The van der Waals surface area contributed by atoms with E-state index in [2.05, 4.69) is 4.72 Å². The topological polar surface area (TPSA) is 147 Å². The summed E-state index contributed by atoms with van der Waals surface area (Å²) in [5.41, 5.74) is 4.92. The maximum absolute atomic E-state index is 11.9. The molecule has 0 aromatic carbocycles. The van der Waals surface area contributed by atoms with Crippen molar-refractivity contribution in [1.29, 1.82) is 0 Å². The third-order valence-electron chi connectivity index (χ3n) is 2.18. The highest BCUT2D eigenvalue weighted by molar-refractivity contribution is 7.89. The van der Waals surface area contributed by atoms with E-state index in [1.165, 1.54) is 6.92 Å². The second-order valence-corrected chi connectivity index (χ2v) is 6.09. The maximum Gasteiger partial charge on any atom is 0.323 e. The number of nitrogens with two attached hydrogens (primary N) is 1. The Hall–Kier alpha value is -1.68. The highest BCUT2D eigenvalue weighted by Gasteiger charge is 2.26. The third-order valence-corrected chi connectivity index (χ3v) is 3.84. The molecule has 0 saturated carbocycles. The SMILES string of the molecule is CCCS(=O)(=O)NC(C)C(=O)N(CC(N)=O)CC(=O)O. The van der Waals surface area contributed by atoms with Crippen LogP contribution in [0.5, 0.6) is 0 Å². The van der Waals surface area contributed by atoms with E-state index in [4.69, 9.17) is 10.8 Å². The van der Waals surface area contributed by atoms with Crippen LogP contribution in [0.3, 0.4) is 0 Å². The van der Waals surface area contributed by atoms with Gasteiger partial charge in [0.2, 0.25) is 21.8 Å². The average Bonchev–Trinajstić information content (AvgIpc) is 2.24. The first-order chi connectivity index (χ1) is 9.09. The number of nitrogens with one attached hydrogen (secondary N) is 1. The molecule has 10 heteroatoms. The van der Waals surface area contributed by atoms with Crippen molar-refractivity contribution in [1.82, 2.24) is 9.62 Å². The Balaban J connectivity index is 4.87. The van der Waals surface area contributed by atoms with Gasteiger partial charge in [-0.2, -0.15) is 0 Å². The van der Waals surface area contributed by atoms with E-state index in [1.54, 1.807) is 6.92 Å². The minimum Gasteiger partial charge on any atom is -0.480 e. The number of carbonyl (C=O) groups excluding carboxylic acids is 2. The Labute approximate surface area is 117 Å². The van der Waals surface area contributed by atoms with Gasteiger partial charge < -0.3 is 15.7 Å². The Morgan fingerprint density at radius 1 is 1.30 bits per heavy atom. The number of hydrogen-bond donors (Lipinski definition) is 3. The van der Waals surface area contributed by atoms with Gasteiger partial charge >= 0.3 is 5.97 Å². The van der Waals surface area contributed by atoms with Gasteiger partial charge in [0.05, 0.1) is 18.3 Å². The van der Waals surface area contributed by atoms with Crippen LogP contribution in [-0.4, -0.2) is 61.1 Å². The lowest BCUT2D eigenvalue weighted by Gasteiger charge is -2.23. The summed E-state index contributed by atoms with van der Waals surface area (Å²) < 4.78 is 25.2. The first-order valence-electron chi connectivity index (χ1n) is 5.88. The first kappa shape index (κ1) is 18.3. The van der Waals surface area contributed by atoms with Crippen LogP contribution < -0.4 is 10.5 Å². The fourth-order valence-electron chi connectivity index (χ4n) is 1.48. The predicted octanol–water partition coefficient (Wildman–Crippen LogP) is -1.90. The molecule has 0 heterocycles. The van der Waals surface area contributed by atoms with Crippen molar-refractivity contribution in [2.24, 2.45) is 5.73 Å². The van der Waals surface area contributed by atoms with Gasteiger partial charge in [0.1, 0.15) is 6.54 Å². The van der Waals surface area contributed by atoms with Crippen LogP contribution in [-0.2, 0) is 24.4 Å². The quantitative estimate of drug-likeness (QED) is 0.453. The Morgan fingerprint density at radius 2 is 1.85 bits per heavy atom. The average molecular weight is 309 g/mol. The van der Waals surface area contributed by atoms with E-state index in [1.807, 2.05) is 0 Å². The van der Waals surface area contributed by atoms with Crippen LogP contribution in [0, 0.1) is 0 Å². The smallest absolute Gasteiger partial charge is 0.323 e. The number of rotatable bonds is 9. The molecule has 0 fully saturated rings. The number of amides is 2. The Kier molecular flexibility index (Phi) is 7.14. The number of carbonyl (C=O) groups is 3. The molecule has 2 amide bonds. The van der Waals surface area contributed by atoms with E-state index < -0.39 is 46.9 Å². The number of carboxylic acid groups (broad SMARTS) is 1. The van der Waals surface area contributed by atoms with Crippen LogP contribution in [0.2, 0.25) is 0 Å². The van der Waals surface area contributed by atoms with Crippen molar-refractivity contribution in [3.05, 3.63) is 0 Å². The van der Waals surface area contributed by atoms with E-state index in [-0.39, 0.29) is 5.75 Å². The van der Waals surface area contributed by atoms with Gasteiger partial charge in [-0.25, -0.2) is 13.1 Å². The number of hydrogen-bond acceptors (Lipinski definition) is 5. The van der Waals surface area contributed by atoms with Gasteiger partial charge in [0.15, 0.2) is 0 Å². The summed E-state index contributed by atoms with van der Waals surface area (Å²) in [5, 5.41) is 8.66. The van der Waals surface area contributed by atoms with Gasteiger partial charge in [-0.1, -0.05) is 6.92 Å². The second-order valence-electron chi connectivity index (χ2n) is 4.21. The first-order valence-corrected chi connectivity index (χ1v) is 7.53. The number of aliphatic carboxylic acids is 1. The fraction of sp³-hybridized carbons (Fsp3) is 0.700. The summed E-state index contributed by atoms with van der Waals surface area (Å²) in [6.45, 7) is 1.60. The Bertz CT molecular complexity index is 459. The lowest BCUT2D eigenvalue weighted by molar-refractivity contribution is -0.146. The molecule has 0 aliphatic heterocycles. The molecule has 0 aromatic rings. The molecule has 116 valence electrons. The van der Waals surface area contributed by atoms with E-state index in [0.29, 0.717) is 11.3 Å². The number of nitrogens with zero attached hydrogens (tertiary/aromatic N) is 1.